The smallest absolute Gasteiger partial charge is 0.302 e. The molecule has 316 valence electrons. The average molecular weight is 793 g/mol. The summed E-state index contributed by atoms with van der Waals surface area (Å²) in [5, 5.41) is 12.1. The molecule has 7 unspecified atom stereocenters. The first-order chi connectivity index (χ1) is 28.0. The lowest BCUT2D eigenvalue weighted by Crippen LogP contribution is -2.74. The molecule has 0 amide bonds. The number of aliphatic hydroxyl groups is 1. The first-order valence-electron chi connectivity index (χ1n) is 22.8. The summed E-state index contributed by atoms with van der Waals surface area (Å²) in [6.07, 6.45) is 9.76. The van der Waals surface area contributed by atoms with Gasteiger partial charge in [0.1, 0.15) is 0 Å². The van der Waals surface area contributed by atoms with E-state index in [0.29, 0.717) is 50.1 Å². The van der Waals surface area contributed by atoms with Crippen molar-refractivity contribution in [3.8, 4) is 0 Å². The van der Waals surface area contributed by atoms with Gasteiger partial charge in [0.2, 0.25) is 0 Å². The molecule has 0 heterocycles. The van der Waals surface area contributed by atoms with Gasteiger partial charge in [-0.2, -0.15) is 0 Å². The molecule has 1 N–H and O–H groups in total. The van der Waals surface area contributed by atoms with Crippen LogP contribution in [0.1, 0.15) is 122 Å². The van der Waals surface area contributed by atoms with Crippen molar-refractivity contribution in [3.63, 3.8) is 0 Å². The Bertz CT molecular complexity index is 1730. The van der Waals surface area contributed by atoms with E-state index < -0.39 is 6.10 Å². The minimum absolute atomic E-state index is 0.00589. The highest BCUT2D eigenvalue weighted by atomic mass is 16.5. The van der Waals surface area contributed by atoms with Gasteiger partial charge < -0.3 is 24.1 Å². The van der Waals surface area contributed by atoms with Crippen LogP contribution in [0.25, 0.3) is 0 Å². The second-order valence-corrected chi connectivity index (χ2v) is 19.6. The van der Waals surface area contributed by atoms with Crippen LogP contribution in [0.3, 0.4) is 0 Å². The van der Waals surface area contributed by atoms with Crippen LogP contribution in [-0.2, 0) is 43.6 Å². The zero-order valence-electron chi connectivity index (χ0n) is 36.3. The van der Waals surface area contributed by atoms with Gasteiger partial charge in [-0.15, -0.1) is 0 Å². The van der Waals surface area contributed by atoms with Gasteiger partial charge in [-0.3, -0.25) is 4.79 Å². The Morgan fingerprint density at radius 1 is 0.724 bits per heavy atom. The minimum Gasteiger partial charge on any atom is -0.466 e. The lowest BCUT2D eigenvalue weighted by atomic mass is 9.40. The Balaban J connectivity index is 1.27. The molecule has 12 atom stereocenters. The number of ether oxygens (including phenoxy) is 4. The highest BCUT2D eigenvalue weighted by Crippen LogP contribution is 2.72. The lowest BCUT2D eigenvalue weighted by Gasteiger charge is -2.70. The Labute approximate surface area is 349 Å². The van der Waals surface area contributed by atoms with Gasteiger partial charge in [-0.05, 0) is 109 Å². The molecule has 3 aromatic carbocycles. The van der Waals surface area contributed by atoms with Gasteiger partial charge in [0.05, 0.1) is 50.3 Å². The topological polar surface area (TPSA) is 74.2 Å². The van der Waals surface area contributed by atoms with Crippen molar-refractivity contribution in [1.29, 1.82) is 0 Å². The third kappa shape index (κ3) is 8.74. The van der Waals surface area contributed by atoms with Crippen LogP contribution in [0.5, 0.6) is 0 Å². The molecule has 6 nitrogen and oxygen atoms in total. The van der Waals surface area contributed by atoms with Crippen LogP contribution >= 0.6 is 0 Å². The predicted octanol–water partition coefficient (Wildman–Crippen LogP) is 11.4. The van der Waals surface area contributed by atoms with Crippen molar-refractivity contribution in [2.24, 2.45) is 52.3 Å². The molecule has 7 rings (SSSR count). The molecule has 58 heavy (non-hydrogen) atoms. The van der Waals surface area contributed by atoms with Crippen LogP contribution in [0, 0.1) is 52.3 Å². The zero-order chi connectivity index (χ0) is 40.9. The second kappa shape index (κ2) is 18.7. The highest BCUT2D eigenvalue weighted by Gasteiger charge is 2.73. The summed E-state index contributed by atoms with van der Waals surface area (Å²) in [6, 6.07) is 32.1. The summed E-state index contributed by atoms with van der Waals surface area (Å²) < 4.78 is 27.9. The van der Waals surface area contributed by atoms with E-state index in [1.54, 1.807) is 0 Å². The minimum atomic E-state index is -0.426. The zero-order valence-corrected chi connectivity index (χ0v) is 36.3. The number of carbonyl (C=O) groups is 1. The summed E-state index contributed by atoms with van der Waals surface area (Å²) in [4.78, 5) is 11.6. The number of rotatable bonds is 17. The Hall–Kier alpha value is -3.03. The number of aliphatic hydroxyl groups excluding tert-OH is 1. The number of benzene rings is 3. The molecule has 0 spiro atoms. The van der Waals surface area contributed by atoms with E-state index in [4.69, 9.17) is 18.9 Å². The maximum absolute atomic E-state index is 12.1. The molecule has 0 aromatic heterocycles. The fraction of sp³-hybridized carbons (Fsp3) is 0.635. The van der Waals surface area contributed by atoms with E-state index in [0.717, 1.165) is 51.4 Å². The average Bonchev–Trinajstić information content (AvgIpc) is 3.58. The largest absolute Gasteiger partial charge is 0.466 e. The van der Waals surface area contributed by atoms with Crippen molar-refractivity contribution < 1.29 is 28.8 Å². The summed E-state index contributed by atoms with van der Waals surface area (Å²) in [5.41, 5.74) is 3.14. The Morgan fingerprint density at radius 2 is 1.31 bits per heavy atom. The molecule has 0 saturated heterocycles. The SMILES string of the molecule is CC(=O)OCCC(CC(O)C(C)C1CCC2C3[C@@H](OCc4ccccc4)[C@H](OCc4ccccc4)C4CCCC[C@]4(C)[C@@]3(OCc3ccccc3)CC[C@]12C)C(C)C. The van der Waals surface area contributed by atoms with Crippen LogP contribution in [0.4, 0.5) is 0 Å². The van der Waals surface area contributed by atoms with Crippen LogP contribution < -0.4 is 0 Å². The number of fused-ring (bicyclic) bond motifs is 5. The Kier molecular flexibility index (Phi) is 13.9. The quantitative estimate of drug-likeness (QED) is 0.137. The molecule has 6 heteroatoms. The molecule has 4 aliphatic carbocycles. The molecule has 3 aromatic rings. The second-order valence-electron chi connectivity index (χ2n) is 19.6. The highest BCUT2D eigenvalue weighted by molar-refractivity contribution is 5.65. The third-order valence-electron chi connectivity index (χ3n) is 16.2. The monoisotopic (exact) mass is 793 g/mol. The molecule has 4 fully saturated rings. The molecule has 4 saturated carbocycles. The maximum atomic E-state index is 12.1. The van der Waals surface area contributed by atoms with E-state index in [2.05, 4.69) is 126 Å². The van der Waals surface area contributed by atoms with Gasteiger partial charge in [-0.1, -0.05) is 138 Å². The van der Waals surface area contributed by atoms with Gasteiger partial charge in [-0.25, -0.2) is 0 Å². The molecule has 0 radical (unpaired) electrons. The fourth-order valence-corrected chi connectivity index (χ4v) is 13.0. The molecular formula is C52H72O6. The molecule has 0 aliphatic heterocycles. The first-order valence-corrected chi connectivity index (χ1v) is 22.8. The van der Waals surface area contributed by atoms with Crippen LogP contribution in [0.15, 0.2) is 91.0 Å². The third-order valence-corrected chi connectivity index (χ3v) is 16.2. The maximum Gasteiger partial charge on any atom is 0.302 e. The Morgan fingerprint density at radius 3 is 1.90 bits per heavy atom. The van der Waals surface area contributed by atoms with E-state index >= 15 is 0 Å². The van der Waals surface area contributed by atoms with Crippen LogP contribution in [-0.4, -0.2) is 41.6 Å². The summed E-state index contributed by atoms with van der Waals surface area (Å²) in [6.45, 7) is 15.5. The van der Waals surface area contributed by atoms with Gasteiger partial charge in [0.25, 0.3) is 0 Å². The van der Waals surface area contributed by atoms with Crippen LogP contribution in [0.2, 0.25) is 0 Å². The van der Waals surface area contributed by atoms with E-state index in [-0.39, 0.29) is 52.4 Å². The number of hydrogen-bond donors (Lipinski definition) is 1. The summed E-state index contributed by atoms with van der Waals surface area (Å²) in [7, 11) is 0. The lowest BCUT2D eigenvalue weighted by molar-refractivity contribution is -0.327. The standard InChI is InChI=1S/C52H72O6/c1-36(2)42(27-31-55-38(4)53)32-46(54)37(3)43-25-26-44-47-49(57-34-40-20-12-8-13-21-40)48(56-33-39-18-10-7-11-19-39)45-24-16-17-28-51(45,6)52(47,30-29-50(43,44)5)58-35-41-22-14-9-15-23-41/h7-15,18-23,36-37,42-49,54H,16-17,24-35H2,1-6H3/t37?,42?,43?,44?,45?,46?,47?,48-,49-,50-,51+,52-/m1/s1. The predicted molar refractivity (Wildman–Crippen MR) is 230 cm³/mol. The summed E-state index contributed by atoms with van der Waals surface area (Å²) >= 11 is 0. The molecule has 4 aliphatic rings. The van der Waals surface area contributed by atoms with Gasteiger partial charge in [0, 0.05) is 18.3 Å². The molecule has 0 bridgehead atoms. The van der Waals surface area contributed by atoms with Gasteiger partial charge >= 0.3 is 5.97 Å². The number of esters is 1. The first kappa shape index (κ1) is 43.1. The van der Waals surface area contributed by atoms with Crippen molar-refractivity contribution >= 4 is 5.97 Å². The fourth-order valence-electron chi connectivity index (χ4n) is 13.0. The number of carbonyl (C=O) groups excluding carboxylic acids is 1. The van der Waals surface area contributed by atoms with Crippen molar-refractivity contribution in [2.45, 2.75) is 149 Å². The van der Waals surface area contributed by atoms with Crippen molar-refractivity contribution in [1.82, 2.24) is 0 Å². The van der Waals surface area contributed by atoms with Gasteiger partial charge in [0.15, 0.2) is 0 Å². The van der Waals surface area contributed by atoms with Crippen molar-refractivity contribution in [3.05, 3.63) is 108 Å². The normalized spacial score (nSPS) is 33.4. The van der Waals surface area contributed by atoms with E-state index in [9.17, 15) is 9.90 Å². The van der Waals surface area contributed by atoms with Crippen molar-refractivity contribution in [2.75, 3.05) is 6.61 Å². The summed E-state index contributed by atoms with van der Waals surface area (Å²) in [5.74, 6) is 1.73. The van der Waals surface area contributed by atoms with E-state index in [1.165, 1.54) is 36.5 Å². The number of hydrogen-bond acceptors (Lipinski definition) is 6. The van der Waals surface area contributed by atoms with E-state index in [1.807, 2.05) is 0 Å². The molecular weight excluding hydrogens is 721 g/mol.